The summed E-state index contributed by atoms with van der Waals surface area (Å²) in [4.78, 5) is 22.8. The van der Waals surface area contributed by atoms with Crippen molar-refractivity contribution in [3.63, 3.8) is 0 Å². The number of benzene rings is 1. The number of anilines is 1. The minimum atomic E-state index is -0.510. The van der Waals surface area contributed by atoms with Gasteiger partial charge in [-0.15, -0.1) is 0 Å². The molecule has 0 unspecified atom stereocenters. The van der Waals surface area contributed by atoms with Gasteiger partial charge >= 0.3 is 12.1 Å². The van der Waals surface area contributed by atoms with Gasteiger partial charge in [-0.2, -0.15) is 0 Å². The Balaban J connectivity index is 2.79. The maximum atomic E-state index is 11.5. The van der Waals surface area contributed by atoms with Crippen LogP contribution in [-0.4, -0.2) is 25.3 Å². The van der Waals surface area contributed by atoms with Crippen LogP contribution >= 0.6 is 0 Å². The number of nitrogens with one attached hydrogen (secondary N) is 1. The molecule has 1 amide bonds. The third-order valence-corrected chi connectivity index (χ3v) is 2.25. The quantitative estimate of drug-likeness (QED) is 0.836. The van der Waals surface area contributed by atoms with Crippen LogP contribution in [0.2, 0.25) is 0 Å². The molecule has 1 N–H and O–H groups in total. The SMILES string of the molecule is CCOC(=O)Nc1ccc(C(=O)OCC)cc1C. The summed E-state index contributed by atoms with van der Waals surface area (Å²) < 4.78 is 9.67. The molecule has 0 spiro atoms. The van der Waals surface area contributed by atoms with E-state index < -0.39 is 6.09 Å². The number of hydrogen-bond acceptors (Lipinski definition) is 4. The molecule has 0 atom stereocenters. The second-order valence-electron chi connectivity index (χ2n) is 3.60. The average molecular weight is 251 g/mol. The van der Waals surface area contributed by atoms with Crippen molar-refractivity contribution in [3.05, 3.63) is 29.3 Å². The van der Waals surface area contributed by atoms with E-state index >= 15 is 0 Å². The molecule has 1 aromatic rings. The van der Waals surface area contributed by atoms with Crippen LogP contribution in [0.15, 0.2) is 18.2 Å². The maximum absolute atomic E-state index is 11.5. The van der Waals surface area contributed by atoms with E-state index in [-0.39, 0.29) is 5.97 Å². The van der Waals surface area contributed by atoms with Crippen molar-refractivity contribution in [1.29, 1.82) is 0 Å². The fourth-order valence-electron chi connectivity index (χ4n) is 1.42. The molecule has 0 radical (unpaired) electrons. The number of carbonyl (C=O) groups is 2. The molecular formula is C13H17NO4. The molecule has 1 aromatic carbocycles. The standard InChI is InChI=1S/C13H17NO4/c1-4-17-12(15)10-6-7-11(9(3)8-10)14-13(16)18-5-2/h6-8H,4-5H2,1-3H3,(H,14,16). The summed E-state index contributed by atoms with van der Waals surface area (Å²) in [6.45, 7) is 5.93. The van der Waals surface area contributed by atoms with Gasteiger partial charge in [0.15, 0.2) is 0 Å². The van der Waals surface area contributed by atoms with Crippen LogP contribution in [0.3, 0.4) is 0 Å². The molecule has 98 valence electrons. The minimum absolute atomic E-state index is 0.311. The van der Waals surface area contributed by atoms with Gasteiger partial charge in [-0.3, -0.25) is 5.32 Å². The summed E-state index contributed by atoms with van der Waals surface area (Å²) >= 11 is 0. The van der Waals surface area contributed by atoms with Gasteiger partial charge in [0.25, 0.3) is 0 Å². The highest BCUT2D eigenvalue weighted by molar-refractivity contribution is 5.92. The van der Waals surface area contributed by atoms with Gasteiger partial charge in [-0.1, -0.05) is 0 Å². The average Bonchev–Trinajstić information content (AvgIpc) is 2.32. The van der Waals surface area contributed by atoms with E-state index in [0.29, 0.717) is 24.5 Å². The summed E-state index contributed by atoms with van der Waals surface area (Å²) in [6.07, 6.45) is -0.510. The molecule has 5 nitrogen and oxygen atoms in total. The van der Waals surface area contributed by atoms with Gasteiger partial charge in [-0.25, -0.2) is 9.59 Å². The normalized spacial score (nSPS) is 9.72. The molecular weight excluding hydrogens is 234 g/mol. The molecule has 0 aliphatic heterocycles. The van der Waals surface area contributed by atoms with E-state index in [2.05, 4.69) is 5.32 Å². The van der Waals surface area contributed by atoms with E-state index in [1.54, 1.807) is 39.0 Å². The number of rotatable bonds is 4. The van der Waals surface area contributed by atoms with Crippen LogP contribution in [-0.2, 0) is 9.47 Å². The number of carbonyl (C=O) groups excluding carboxylic acids is 2. The lowest BCUT2D eigenvalue weighted by atomic mass is 10.1. The smallest absolute Gasteiger partial charge is 0.411 e. The molecule has 5 heteroatoms. The van der Waals surface area contributed by atoms with Crippen molar-refractivity contribution < 1.29 is 19.1 Å². The third kappa shape index (κ3) is 3.76. The Bertz CT molecular complexity index is 443. The summed E-state index contributed by atoms with van der Waals surface area (Å²) in [5, 5.41) is 2.60. The highest BCUT2D eigenvalue weighted by Gasteiger charge is 2.10. The topological polar surface area (TPSA) is 64.6 Å². The Labute approximate surface area is 106 Å². The molecule has 0 saturated carbocycles. The molecule has 0 fully saturated rings. The van der Waals surface area contributed by atoms with Gasteiger partial charge in [0.05, 0.1) is 18.8 Å². The molecule has 0 heterocycles. The number of hydrogen-bond donors (Lipinski definition) is 1. The lowest BCUT2D eigenvalue weighted by Gasteiger charge is -2.09. The first kappa shape index (κ1) is 14.0. The van der Waals surface area contributed by atoms with Gasteiger partial charge < -0.3 is 9.47 Å². The van der Waals surface area contributed by atoms with Crippen LogP contribution in [0, 0.1) is 6.92 Å². The lowest BCUT2D eigenvalue weighted by molar-refractivity contribution is 0.0526. The first-order valence-corrected chi connectivity index (χ1v) is 5.80. The fraction of sp³-hybridized carbons (Fsp3) is 0.385. The van der Waals surface area contributed by atoms with Gasteiger partial charge in [0.2, 0.25) is 0 Å². The first-order chi connectivity index (χ1) is 8.58. The Kier molecular flexibility index (Phi) is 5.17. The van der Waals surface area contributed by atoms with Crippen molar-refractivity contribution in [2.24, 2.45) is 0 Å². The van der Waals surface area contributed by atoms with Gasteiger partial charge in [0.1, 0.15) is 0 Å². The predicted octanol–water partition coefficient (Wildman–Crippen LogP) is 2.74. The van der Waals surface area contributed by atoms with Crippen molar-refractivity contribution in [2.75, 3.05) is 18.5 Å². The van der Waals surface area contributed by atoms with Crippen molar-refractivity contribution >= 4 is 17.7 Å². The highest BCUT2D eigenvalue weighted by Crippen LogP contribution is 2.17. The number of esters is 1. The van der Waals surface area contributed by atoms with Crippen LogP contribution in [0.5, 0.6) is 0 Å². The predicted molar refractivity (Wildman–Crippen MR) is 67.8 cm³/mol. The van der Waals surface area contributed by atoms with Crippen LogP contribution < -0.4 is 5.32 Å². The maximum Gasteiger partial charge on any atom is 0.411 e. The van der Waals surface area contributed by atoms with Crippen molar-refractivity contribution in [3.8, 4) is 0 Å². The number of ether oxygens (including phenoxy) is 2. The lowest BCUT2D eigenvalue weighted by Crippen LogP contribution is -2.14. The first-order valence-electron chi connectivity index (χ1n) is 5.80. The minimum Gasteiger partial charge on any atom is -0.462 e. The van der Waals surface area contributed by atoms with Gasteiger partial charge in [-0.05, 0) is 44.5 Å². The monoisotopic (exact) mass is 251 g/mol. The van der Waals surface area contributed by atoms with Crippen LogP contribution in [0.1, 0.15) is 29.8 Å². The van der Waals surface area contributed by atoms with E-state index in [1.165, 1.54) is 0 Å². The highest BCUT2D eigenvalue weighted by atomic mass is 16.5. The van der Waals surface area contributed by atoms with E-state index in [0.717, 1.165) is 5.56 Å². The van der Waals surface area contributed by atoms with Crippen molar-refractivity contribution in [1.82, 2.24) is 0 Å². The molecule has 0 bridgehead atoms. The van der Waals surface area contributed by atoms with E-state index in [1.807, 2.05) is 0 Å². The van der Waals surface area contributed by atoms with E-state index in [4.69, 9.17) is 9.47 Å². The number of amides is 1. The summed E-state index contributed by atoms with van der Waals surface area (Å²) in [5.41, 5.74) is 1.85. The molecule has 0 saturated heterocycles. The molecule has 0 aliphatic carbocycles. The zero-order valence-corrected chi connectivity index (χ0v) is 10.8. The Morgan fingerprint density at radius 2 is 1.83 bits per heavy atom. The summed E-state index contributed by atoms with van der Waals surface area (Å²) in [6, 6.07) is 4.92. The van der Waals surface area contributed by atoms with Crippen LogP contribution in [0.4, 0.5) is 10.5 Å². The fourth-order valence-corrected chi connectivity index (χ4v) is 1.42. The van der Waals surface area contributed by atoms with Crippen molar-refractivity contribution in [2.45, 2.75) is 20.8 Å². The van der Waals surface area contributed by atoms with E-state index in [9.17, 15) is 9.59 Å². The molecule has 0 aliphatic rings. The second-order valence-corrected chi connectivity index (χ2v) is 3.60. The zero-order valence-electron chi connectivity index (χ0n) is 10.8. The molecule has 18 heavy (non-hydrogen) atoms. The molecule has 0 aromatic heterocycles. The number of aryl methyl sites for hydroxylation is 1. The van der Waals surface area contributed by atoms with Gasteiger partial charge in [0, 0.05) is 5.69 Å². The third-order valence-electron chi connectivity index (χ3n) is 2.25. The Morgan fingerprint density at radius 3 is 2.39 bits per heavy atom. The Hall–Kier alpha value is -2.04. The summed E-state index contributed by atoms with van der Waals surface area (Å²) in [7, 11) is 0. The van der Waals surface area contributed by atoms with Crippen LogP contribution in [0.25, 0.3) is 0 Å². The summed E-state index contributed by atoms with van der Waals surface area (Å²) in [5.74, 6) is -0.372. The largest absolute Gasteiger partial charge is 0.462 e. The Morgan fingerprint density at radius 1 is 1.17 bits per heavy atom. The molecule has 1 rings (SSSR count). The zero-order chi connectivity index (χ0) is 13.5. The second kappa shape index (κ2) is 6.64.